The van der Waals surface area contributed by atoms with Crippen molar-refractivity contribution in [3.05, 3.63) is 213 Å². The van der Waals surface area contributed by atoms with Gasteiger partial charge < -0.3 is 4.57 Å². The zero-order chi connectivity index (χ0) is 38.9. The van der Waals surface area contributed by atoms with Gasteiger partial charge in [0.1, 0.15) is 0 Å². The third-order valence-corrected chi connectivity index (χ3v) is 12.1. The third kappa shape index (κ3) is 5.51. The number of rotatable bonds is 5. The number of benzene rings is 10. The van der Waals surface area contributed by atoms with Gasteiger partial charge in [-0.1, -0.05) is 146 Å². The van der Waals surface area contributed by atoms with Crippen molar-refractivity contribution >= 4 is 65.2 Å². The van der Waals surface area contributed by atoms with Crippen molar-refractivity contribution in [2.75, 3.05) is 0 Å². The number of hydrogen-bond acceptors (Lipinski definition) is 2. The van der Waals surface area contributed by atoms with E-state index in [1.54, 1.807) is 12.4 Å². The van der Waals surface area contributed by atoms with E-state index in [1.807, 2.05) is 0 Å². The van der Waals surface area contributed by atoms with E-state index in [2.05, 4.69) is 205 Å². The molecule has 0 spiro atoms. The van der Waals surface area contributed by atoms with Gasteiger partial charge in [0.05, 0.1) is 22.1 Å². The van der Waals surface area contributed by atoms with E-state index in [9.17, 15) is 0 Å². The molecule has 0 saturated heterocycles. The molecule has 12 rings (SSSR count). The highest BCUT2D eigenvalue weighted by atomic mass is 15.0. The van der Waals surface area contributed by atoms with Gasteiger partial charge in [-0.3, -0.25) is 9.97 Å². The summed E-state index contributed by atoms with van der Waals surface area (Å²) in [5.74, 6) is 0. The Morgan fingerprint density at radius 2 is 0.746 bits per heavy atom. The van der Waals surface area contributed by atoms with Crippen LogP contribution in [0, 0.1) is 0 Å². The fourth-order valence-corrected chi connectivity index (χ4v) is 9.16. The minimum Gasteiger partial charge on any atom is -0.309 e. The molecule has 0 bridgehead atoms. The van der Waals surface area contributed by atoms with Crippen LogP contribution in [0.4, 0.5) is 0 Å². The summed E-state index contributed by atoms with van der Waals surface area (Å²) in [6, 6.07) is 72.9. The van der Waals surface area contributed by atoms with Crippen LogP contribution in [-0.2, 0) is 0 Å². The average molecular weight is 750 g/mol. The summed E-state index contributed by atoms with van der Waals surface area (Å²) in [4.78, 5) is 9.52. The predicted octanol–water partition coefficient (Wildman–Crippen LogP) is 14.9. The van der Waals surface area contributed by atoms with Crippen LogP contribution in [0.3, 0.4) is 0 Å². The van der Waals surface area contributed by atoms with Gasteiger partial charge >= 0.3 is 0 Å². The fraction of sp³-hybridized carbons (Fsp3) is 0. The van der Waals surface area contributed by atoms with Crippen molar-refractivity contribution in [1.29, 1.82) is 0 Å². The SMILES string of the molecule is c1ccc(-n2c3ccccc3c3cc(-c4ccc5cc(-c6ccc(-c7cccc(-c8ccc9c%10ccccc%10c%10nccnc%10c9c8)c7)cc6)ccc5c4)ccc32)cc1. The second kappa shape index (κ2) is 13.4. The van der Waals surface area contributed by atoms with E-state index in [4.69, 9.17) is 9.97 Å². The van der Waals surface area contributed by atoms with Gasteiger partial charge in [0.15, 0.2) is 0 Å². The Labute approximate surface area is 341 Å². The number of fused-ring (bicyclic) bond motifs is 10. The van der Waals surface area contributed by atoms with Crippen LogP contribution < -0.4 is 0 Å². The topological polar surface area (TPSA) is 30.7 Å². The van der Waals surface area contributed by atoms with Crippen molar-refractivity contribution in [1.82, 2.24) is 14.5 Å². The summed E-state index contributed by atoms with van der Waals surface area (Å²) in [5.41, 5.74) is 15.0. The van der Waals surface area contributed by atoms with Gasteiger partial charge in [0.25, 0.3) is 0 Å². The first-order valence-corrected chi connectivity index (χ1v) is 20.1. The van der Waals surface area contributed by atoms with Crippen molar-refractivity contribution in [2.45, 2.75) is 0 Å². The Morgan fingerprint density at radius 1 is 0.271 bits per heavy atom. The van der Waals surface area contributed by atoms with Crippen molar-refractivity contribution < 1.29 is 0 Å². The Morgan fingerprint density at radius 3 is 1.47 bits per heavy atom. The number of aromatic nitrogens is 3. The van der Waals surface area contributed by atoms with Crippen LogP contribution in [0.15, 0.2) is 213 Å². The highest BCUT2D eigenvalue weighted by Crippen LogP contribution is 2.38. The molecular weight excluding hydrogens is 715 g/mol. The summed E-state index contributed by atoms with van der Waals surface area (Å²) < 4.78 is 2.37. The maximum absolute atomic E-state index is 4.79. The summed E-state index contributed by atoms with van der Waals surface area (Å²) in [6.07, 6.45) is 3.57. The third-order valence-electron chi connectivity index (χ3n) is 12.1. The second-order valence-corrected chi connectivity index (χ2v) is 15.4. The molecule has 3 heteroatoms. The van der Waals surface area contributed by atoms with E-state index in [1.165, 1.54) is 88.0 Å². The first-order valence-electron chi connectivity index (χ1n) is 20.1. The van der Waals surface area contributed by atoms with Gasteiger partial charge in [0, 0.05) is 39.6 Å². The van der Waals surface area contributed by atoms with Crippen LogP contribution in [-0.4, -0.2) is 14.5 Å². The van der Waals surface area contributed by atoms with Crippen LogP contribution >= 0.6 is 0 Å². The maximum Gasteiger partial charge on any atom is 0.0971 e. The Kier molecular flexibility index (Phi) is 7.54. The molecule has 0 unspecified atom stereocenters. The van der Waals surface area contributed by atoms with E-state index < -0.39 is 0 Å². The standard InChI is InChI=1S/C56H35N3/c1-2-11-46(12-3-1)59-53-16-7-6-14-49(53)51-34-45(26-28-54(51)59)43-24-23-41-32-40(21-22-42(41)33-43)37-19-17-36(18-20-37)38-9-8-10-39(31-38)44-25-27-48-47-13-4-5-15-50(47)55-56(52(48)35-44)58-30-29-57-55/h1-35H. The van der Waals surface area contributed by atoms with Crippen LogP contribution in [0.1, 0.15) is 0 Å². The minimum absolute atomic E-state index is 0.936. The molecule has 2 aromatic heterocycles. The normalized spacial score (nSPS) is 11.7. The molecule has 0 saturated carbocycles. The molecule has 0 N–H and O–H groups in total. The molecule has 0 aliphatic rings. The zero-order valence-corrected chi connectivity index (χ0v) is 32.0. The van der Waals surface area contributed by atoms with Gasteiger partial charge in [0.2, 0.25) is 0 Å². The second-order valence-electron chi connectivity index (χ2n) is 15.4. The van der Waals surface area contributed by atoms with E-state index in [0.29, 0.717) is 0 Å². The van der Waals surface area contributed by atoms with E-state index in [0.717, 1.165) is 27.4 Å². The van der Waals surface area contributed by atoms with Crippen molar-refractivity contribution in [3.8, 4) is 50.2 Å². The molecule has 59 heavy (non-hydrogen) atoms. The molecule has 0 fully saturated rings. The lowest BCUT2D eigenvalue weighted by molar-refractivity contribution is 1.18. The molecule has 0 atom stereocenters. The van der Waals surface area contributed by atoms with Gasteiger partial charge in [-0.05, 0) is 121 Å². The fourth-order valence-electron chi connectivity index (χ4n) is 9.16. The van der Waals surface area contributed by atoms with Gasteiger partial charge in [-0.15, -0.1) is 0 Å². The molecule has 12 aromatic rings. The molecule has 10 aromatic carbocycles. The lowest BCUT2D eigenvalue weighted by Gasteiger charge is -2.12. The van der Waals surface area contributed by atoms with Crippen LogP contribution in [0.2, 0.25) is 0 Å². The Bertz CT molecular complexity index is 3570. The zero-order valence-electron chi connectivity index (χ0n) is 32.0. The van der Waals surface area contributed by atoms with Crippen LogP contribution in [0.25, 0.3) is 115 Å². The first kappa shape index (κ1) is 33.3. The number of para-hydroxylation sites is 2. The van der Waals surface area contributed by atoms with Gasteiger partial charge in [-0.2, -0.15) is 0 Å². The molecule has 3 nitrogen and oxygen atoms in total. The lowest BCUT2D eigenvalue weighted by atomic mass is 9.93. The Hall–Kier alpha value is -7.88. The molecular formula is C56H35N3. The molecule has 0 aliphatic carbocycles. The van der Waals surface area contributed by atoms with Gasteiger partial charge in [-0.25, -0.2) is 0 Å². The summed E-state index contributed by atoms with van der Waals surface area (Å²) >= 11 is 0. The highest BCUT2D eigenvalue weighted by molar-refractivity contribution is 6.23. The molecule has 0 aliphatic heterocycles. The molecule has 0 amide bonds. The van der Waals surface area contributed by atoms with E-state index >= 15 is 0 Å². The smallest absolute Gasteiger partial charge is 0.0971 e. The number of hydrogen-bond donors (Lipinski definition) is 0. The van der Waals surface area contributed by atoms with E-state index in [-0.39, 0.29) is 0 Å². The first-order chi connectivity index (χ1) is 29.2. The summed E-state index contributed by atoms with van der Waals surface area (Å²) in [6.45, 7) is 0. The average Bonchev–Trinajstić information content (AvgIpc) is 3.65. The van der Waals surface area contributed by atoms with Crippen molar-refractivity contribution in [3.63, 3.8) is 0 Å². The molecule has 274 valence electrons. The monoisotopic (exact) mass is 749 g/mol. The minimum atomic E-state index is 0.936. The highest BCUT2D eigenvalue weighted by Gasteiger charge is 2.15. The van der Waals surface area contributed by atoms with Crippen LogP contribution in [0.5, 0.6) is 0 Å². The summed E-state index contributed by atoms with van der Waals surface area (Å²) in [5, 5.41) is 9.63. The molecule has 0 radical (unpaired) electrons. The number of nitrogens with zero attached hydrogens (tertiary/aromatic N) is 3. The summed E-state index contributed by atoms with van der Waals surface area (Å²) in [7, 11) is 0. The largest absolute Gasteiger partial charge is 0.309 e. The quantitative estimate of drug-likeness (QED) is 0.164. The lowest BCUT2D eigenvalue weighted by Crippen LogP contribution is -1.92. The predicted molar refractivity (Wildman–Crippen MR) is 248 cm³/mol. The van der Waals surface area contributed by atoms with Crippen molar-refractivity contribution in [2.24, 2.45) is 0 Å². The maximum atomic E-state index is 4.79. The molecule has 2 heterocycles. The Balaban J connectivity index is 0.840.